The van der Waals surface area contributed by atoms with E-state index in [1.54, 1.807) is 6.07 Å². The summed E-state index contributed by atoms with van der Waals surface area (Å²) in [6.45, 7) is 4.31. The van der Waals surface area contributed by atoms with Crippen molar-refractivity contribution in [3.05, 3.63) is 23.2 Å². The molecule has 0 aliphatic heterocycles. The van der Waals surface area contributed by atoms with Gasteiger partial charge in [-0.15, -0.1) is 0 Å². The Labute approximate surface area is 90.4 Å². The summed E-state index contributed by atoms with van der Waals surface area (Å²) in [6, 6.07) is 6.08. The Bertz CT molecular complexity index is 299. The van der Waals surface area contributed by atoms with E-state index in [0.717, 1.165) is 18.5 Å². The zero-order valence-electron chi connectivity index (χ0n) is 8.68. The van der Waals surface area contributed by atoms with E-state index in [9.17, 15) is 0 Å². The summed E-state index contributed by atoms with van der Waals surface area (Å²) in [5.41, 5.74) is 7.40. The Hall–Kier alpha value is -0.890. The summed E-state index contributed by atoms with van der Waals surface area (Å²) >= 11 is 5.91. The Kier molecular flexibility index (Phi) is 4.08. The van der Waals surface area contributed by atoms with Crippen molar-refractivity contribution in [1.82, 2.24) is 0 Å². The molecule has 0 aliphatic carbocycles. The van der Waals surface area contributed by atoms with Gasteiger partial charge >= 0.3 is 0 Å². The largest absolute Gasteiger partial charge is 0.396 e. The summed E-state index contributed by atoms with van der Waals surface area (Å²) in [4.78, 5) is 0. The summed E-state index contributed by atoms with van der Waals surface area (Å²) in [6.07, 6.45) is 2.29. The smallest absolute Gasteiger partial charge is 0.0739 e. The van der Waals surface area contributed by atoms with E-state index in [4.69, 9.17) is 17.3 Å². The van der Waals surface area contributed by atoms with Crippen LogP contribution in [0.3, 0.4) is 0 Å². The van der Waals surface area contributed by atoms with Crippen LogP contribution in [0.4, 0.5) is 11.4 Å². The van der Waals surface area contributed by atoms with Crippen LogP contribution in [-0.4, -0.2) is 6.04 Å². The van der Waals surface area contributed by atoms with Gasteiger partial charge in [-0.3, -0.25) is 0 Å². The number of hydrogen-bond acceptors (Lipinski definition) is 2. The first-order valence-electron chi connectivity index (χ1n) is 4.95. The minimum Gasteiger partial charge on any atom is -0.396 e. The lowest BCUT2D eigenvalue weighted by atomic mass is 10.2. The van der Waals surface area contributed by atoms with E-state index < -0.39 is 0 Å². The summed E-state index contributed by atoms with van der Waals surface area (Å²) in [7, 11) is 0. The topological polar surface area (TPSA) is 38.0 Å². The monoisotopic (exact) mass is 212 g/mol. The number of hydrogen-bond donors (Lipinski definition) is 2. The Balaban J connectivity index is 2.71. The fourth-order valence-electron chi connectivity index (χ4n) is 1.43. The molecule has 1 aromatic carbocycles. The van der Waals surface area contributed by atoms with Gasteiger partial charge in [0.25, 0.3) is 0 Å². The number of rotatable bonds is 4. The van der Waals surface area contributed by atoms with E-state index in [1.165, 1.54) is 0 Å². The predicted molar refractivity (Wildman–Crippen MR) is 63.9 cm³/mol. The van der Waals surface area contributed by atoms with Crippen molar-refractivity contribution in [2.45, 2.75) is 32.7 Å². The maximum absolute atomic E-state index is 5.91. The normalized spacial score (nSPS) is 12.5. The molecule has 0 radical (unpaired) electrons. The summed E-state index contributed by atoms with van der Waals surface area (Å²) < 4.78 is 0. The molecular weight excluding hydrogens is 196 g/mol. The van der Waals surface area contributed by atoms with Gasteiger partial charge in [-0.2, -0.15) is 0 Å². The average molecular weight is 213 g/mol. The number of halogens is 1. The molecule has 2 nitrogen and oxygen atoms in total. The average Bonchev–Trinajstić information content (AvgIpc) is 2.13. The van der Waals surface area contributed by atoms with Crippen molar-refractivity contribution < 1.29 is 0 Å². The fraction of sp³-hybridized carbons (Fsp3) is 0.455. The van der Waals surface area contributed by atoms with E-state index in [-0.39, 0.29) is 0 Å². The molecule has 1 aromatic rings. The second kappa shape index (κ2) is 5.11. The van der Waals surface area contributed by atoms with Crippen LogP contribution in [0.15, 0.2) is 18.2 Å². The highest BCUT2D eigenvalue weighted by Gasteiger charge is 2.05. The Morgan fingerprint density at radius 1 is 1.50 bits per heavy atom. The molecule has 0 bridgehead atoms. The highest BCUT2D eigenvalue weighted by molar-refractivity contribution is 6.33. The van der Waals surface area contributed by atoms with Crippen LogP contribution >= 0.6 is 11.6 Å². The lowest BCUT2D eigenvalue weighted by molar-refractivity contribution is 0.691. The molecule has 1 rings (SSSR count). The van der Waals surface area contributed by atoms with Crippen molar-refractivity contribution in [3.8, 4) is 0 Å². The van der Waals surface area contributed by atoms with Gasteiger partial charge < -0.3 is 11.1 Å². The van der Waals surface area contributed by atoms with Gasteiger partial charge in [0.15, 0.2) is 0 Å². The highest BCUT2D eigenvalue weighted by atomic mass is 35.5. The maximum atomic E-state index is 5.91. The second-order valence-electron chi connectivity index (χ2n) is 3.54. The van der Waals surface area contributed by atoms with Crippen molar-refractivity contribution in [2.75, 3.05) is 11.1 Å². The molecule has 14 heavy (non-hydrogen) atoms. The zero-order chi connectivity index (χ0) is 10.6. The Morgan fingerprint density at radius 3 is 2.86 bits per heavy atom. The molecule has 78 valence electrons. The van der Waals surface area contributed by atoms with Gasteiger partial charge in [0.05, 0.1) is 16.4 Å². The van der Waals surface area contributed by atoms with Gasteiger partial charge in [0.1, 0.15) is 0 Å². The molecule has 0 spiro atoms. The summed E-state index contributed by atoms with van der Waals surface area (Å²) in [5, 5.41) is 3.95. The first kappa shape index (κ1) is 11.2. The standard InChI is InChI=1S/C11H17ClN2/c1-3-5-8(2)14-10-7-4-6-9(12)11(10)13/h4,6-8,14H,3,5,13H2,1-2H3. The van der Waals surface area contributed by atoms with Crippen molar-refractivity contribution in [3.63, 3.8) is 0 Å². The number of nitrogens with one attached hydrogen (secondary N) is 1. The molecule has 3 heteroatoms. The van der Waals surface area contributed by atoms with Gasteiger partial charge in [0, 0.05) is 6.04 Å². The fourth-order valence-corrected chi connectivity index (χ4v) is 1.61. The zero-order valence-corrected chi connectivity index (χ0v) is 9.43. The second-order valence-corrected chi connectivity index (χ2v) is 3.94. The molecular formula is C11H17ClN2. The van der Waals surface area contributed by atoms with E-state index in [1.807, 2.05) is 12.1 Å². The maximum Gasteiger partial charge on any atom is 0.0739 e. The molecule has 0 aromatic heterocycles. The molecule has 0 fully saturated rings. The third-order valence-corrected chi connectivity index (χ3v) is 2.51. The number of nitrogen functional groups attached to an aromatic ring is 1. The van der Waals surface area contributed by atoms with Gasteiger partial charge in [-0.25, -0.2) is 0 Å². The molecule has 1 unspecified atom stereocenters. The van der Waals surface area contributed by atoms with E-state index in [0.29, 0.717) is 16.8 Å². The third kappa shape index (κ3) is 2.81. The van der Waals surface area contributed by atoms with Crippen molar-refractivity contribution >= 4 is 23.0 Å². The van der Waals surface area contributed by atoms with Crippen LogP contribution < -0.4 is 11.1 Å². The summed E-state index contributed by atoms with van der Waals surface area (Å²) in [5.74, 6) is 0. The lowest BCUT2D eigenvalue weighted by Gasteiger charge is -2.16. The molecule has 0 saturated carbocycles. The van der Waals surface area contributed by atoms with Crippen LogP contribution in [0.2, 0.25) is 5.02 Å². The molecule has 0 saturated heterocycles. The SMILES string of the molecule is CCCC(C)Nc1cccc(Cl)c1N. The number of nitrogens with two attached hydrogens (primary N) is 1. The molecule has 0 amide bonds. The van der Waals surface area contributed by atoms with Crippen LogP contribution in [0.5, 0.6) is 0 Å². The highest BCUT2D eigenvalue weighted by Crippen LogP contribution is 2.27. The van der Waals surface area contributed by atoms with Crippen LogP contribution in [-0.2, 0) is 0 Å². The third-order valence-electron chi connectivity index (χ3n) is 2.18. The number of para-hydroxylation sites is 1. The quantitative estimate of drug-likeness (QED) is 0.750. The van der Waals surface area contributed by atoms with Gasteiger partial charge in [0.2, 0.25) is 0 Å². The van der Waals surface area contributed by atoms with Crippen LogP contribution in [0.1, 0.15) is 26.7 Å². The molecule has 1 atom stereocenters. The number of benzene rings is 1. The molecule has 0 aliphatic rings. The Morgan fingerprint density at radius 2 is 2.21 bits per heavy atom. The number of anilines is 2. The van der Waals surface area contributed by atoms with Crippen molar-refractivity contribution in [1.29, 1.82) is 0 Å². The van der Waals surface area contributed by atoms with Gasteiger partial charge in [-0.05, 0) is 25.5 Å². The predicted octanol–water partition coefficient (Wildman–Crippen LogP) is 3.52. The molecule has 3 N–H and O–H groups in total. The first-order chi connectivity index (χ1) is 6.65. The van der Waals surface area contributed by atoms with Crippen LogP contribution in [0, 0.1) is 0 Å². The van der Waals surface area contributed by atoms with E-state index >= 15 is 0 Å². The molecule has 0 heterocycles. The lowest BCUT2D eigenvalue weighted by Crippen LogP contribution is -2.15. The first-order valence-corrected chi connectivity index (χ1v) is 5.33. The van der Waals surface area contributed by atoms with Gasteiger partial charge in [-0.1, -0.05) is 31.0 Å². The minimum atomic E-state index is 0.431. The minimum absolute atomic E-state index is 0.431. The van der Waals surface area contributed by atoms with Crippen LogP contribution in [0.25, 0.3) is 0 Å². The van der Waals surface area contributed by atoms with Crippen molar-refractivity contribution in [2.24, 2.45) is 0 Å². The van der Waals surface area contributed by atoms with E-state index in [2.05, 4.69) is 19.2 Å².